The largest absolute Gasteiger partial charge is 0.305 e. The number of aromatic amines is 1. The van der Waals surface area contributed by atoms with Gasteiger partial charge in [0.25, 0.3) is 11.5 Å². The minimum atomic E-state index is -0.395. The number of anilines is 1. The standard InChI is InChI=1S/C11H13N5O2/c1-7(2)16-9(5-6-12-16)13-11(18)8-3-4-10(17)15-14-8/h3-7H,1-2H3,(H,13,18)(H,15,17). The third-order valence-electron chi connectivity index (χ3n) is 2.31. The maximum absolute atomic E-state index is 11.9. The van der Waals surface area contributed by atoms with E-state index in [2.05, 4.69) is 20.6 Å². The number of nitrogens with one attached hydrogen (secondary N) is 2. The van der Waals surface area contributed by atoms with E-state index in [0.29, 0.717) is 5.82 Å². The van der Waals surface area contributed by atoms with E-state index in [1.54, 1.807) is 16.9 Å². The summed E-state index contributed by atoms with van der Waals surface area (Å²) in [4.78, 5) is 22.7. The first-order valence-corrected chi connectivity index (χ1v) is 5.48. The highest BCUT2D eigenvalue weighted by Gasteiger charge is 2.12. The molecule has 2 aromatic heterocycles. The molecule has 1 amide bonds. The van der Waals surface area contributed by atoms with Crippen molar-refractivity contribution < 1.29 is 4.79 Å². The van der Waals surface area contributed by atoms with Crippen molar-refractivity contribution in [2.24, 2.45) is 0 Å². The molecule has 7 nitrogen and oxygen atoms in total. The molecule has 0 saturated heterocycles. The SMILES string of the molecule is CC(C)n1nccc1NC(=O)c1ccc(=O)[nH]n1. The van der Waals surface area contributed by atoms with Crippen LogP contribution in [-0.2, 0) is 0 Å². The van der Waals surface area contributed by atoms with Gasteiger partial charge in [-0.25, -0.2) is 9.78 Å². The van der Waals surface area contributed by atoms with E-state index in [1.165, 1.54) is 12.1 Å². The van der Waals surface area contributed by atoms with Crippen LogP contribution in [0.4, 0.5) is 5.82 Å². The second kappa shape index (κ2) is 4.82. The van der Waals surface area contributed by atoms with Gasteiger partial charge in [0, 0.05) is 18.2 Å². The van der Waals surface area contributed by atoms with Crippen LogP contribution in [0.3, 0.4) is 0 Å². The van der Waals surface area contributed by atoms with Crippen molar-refractivity contribution in [3.8, 4) is 0 Å². The van der Waals surface area contributed by atoms with Crippen molar-refractivity contribution in [1.82, 2.24) is 20.0 Å². The molecule has 0 fully saturated rings. The minimum Gasteiger partial charge on any atom is -0.305 e. The Morgan fingerprint density at radius 1 is 1.39 bits per heavy atom. The summed E-state index contributed by atoms with van der Waals surface area (Å²) >= 11 is 0. The number of aromatic nitrogens is 4. The number of carbonyl (C=O) groups is 1. The fourth-order valence-electron chi connectivity index (χ4n) is 1.48. The molecule has 0 aromatic carbocycles. The van der Waals surface area contributed by atoms with Crippen LogP contribution in [0.2, 0.25) is 0 Å². The Hall–Kier alpha value is -2.44. The Morgan fingerprint density at radius 3 is 2.78 bits per heavy atom. The number of nitrogens with zero attached hydrogens (tertiary/aromatic N) is 3. The van der Waals surface area contributed by atoms with E-state index in [1.807, 2.05) is 13.8 Å². The molecule has 94 valence electrons. The zero-order valence-electron chi connectivity index (χ0n) is 10.0. The molecule has 0 aliphatic rings. The van der Waals surface area contributed by atoms with Crippen LogP contribution in [0.5, 0.6) is 0 Å². The highest BCUT2D eigenvalue weighted by atomic mass is 16.2. The second-order valence-corrected chi connectivity index (χ2v) is 4.02. The summed E-state index contributed by atoms with van der Waals surface area (Å²) in [6, 6.07) is 4.45. The van der Waals surface area contributed by atoms with Crippen LogP contribution >= 0.6 is 0 Å². The van der Waals surface area contributed by atoms with E-state index in [0.717, 1.165) is 0 Å². The lowest BCUT2D eigenvalue weighted by Gasteiger charge is -2.11. The lowest BCUT2D eigenvalue weighted by molar-refractivity contribution is 0.102. The fraction of sp³-hybridized carbons (Fsp3) is 0.273. The molecule has 2 N–H and O–H groups in total. The van der Waals surface area contributed by atoms with Gasteiger partial charge in [0.2, 0.25) is 0 Å². The first-order valence-electron chi connectivity index (χ1n) is 5.48. The summed E-state index contributed by atoms with van der Waals surface area (Å²) in [6.45, 7) is 3.92. The average Bonchev–Trinajstić information content (AvgIpc) is 2.78. The maximum Gasteiger partial charge on any atom is 0.277 e. The first kappa shape index (κ1) is 12.0. The summed E-state index contributed by atoms with van der Waals surface area (Å²) in [5.41, 5.74) is -0.204. The first-order chi connectivity index (χ1) is 8.58. The average molecular weight is 247 g/mol. The van der Waals surface area contributed by atoms with E-state index >= 15 is 0 Å². The Morgan fingerprint density at radius 2 is 2.17 bits per heavy atom. The van der Waals surface area contributed by atoms with E-state index in [4.69, 9.17) is 0 Å². The summed E-state index contributed by atoms with van der Waals surface area (Å²) in [7, 11) is 0. The predicted octanol–water partition coefficient (Wildman–Crippen LogP) is 0.800. The van der Waals surface area contributed by atoms with Crippen LogP contribution in [0.15, 0.2) is 29.2 Å². The number of hydrogen-bond donors (Lipinski definition) is 2. The molecule has 0 spiro atoms. The van der Waals surface area contributed by atoms with Gasteiger partial charge in [-0.2, -0.15) is 10.2 Å². The quantitative estimate of drug-likeness (QED) is 0.839. The fourth-order valence-corrected chi connectivity index (χ4v) is 1.48. The molecule has 0 aliphatic heterocycles. The molecule has 0 aliphatic carbocycles. The molecule has 0 bridgehead atoms. The lowest BCUT2D eigenvalue weighted by Crippen LogP contribution is -2.20. The van der Waals surface area contributed by atoms with Gasteiger partial charge in [-0.3, -0.25) is 9.59 Å². The Kier molecular flexibility index (Phi) is 3.22. The van der Waals surface area contributed by atoms with Gasteiger partial charge in [-0.1, -0.05) is 0 Å². The number of H-pyrrole nitrogens is 1. The molecule has 2 rings (SSSR count). The summed E-state index contributed by atoms with van der Waals surface area (Å²) in [5, 5.41) is 12.6. The van der Waals surface area contributed by atoms with Crippen molar-refractivity contribution in [2.45, 2.75) is 19.9 Å². The van der Waals surface area contributed by atoms with E-state index in [9.17, 15) is 9.59 Å². The van der Waals surface area contributed by atoms with Gasteiger partial charge in [0.05, 0.1) is 6.20 Å². The summed E-state index contributed by atoms with van der Waals surface area (Å²) < 4.78 is 1.68. The molecule has 0 atom stereocenters. The van der Waals surface area contributed by atoms with Crippen molar-refractivity contribution in [3.05, 3.63) is 40.4 Å². The van der Waals surface area contributed by atoms with Gasteiger partial charge in [0.1, 0.15) is 11.5 Å². The molecular formula is C11H13N5O2. The van der Waals surface area contributed by atoms with Gasteiger partial charge < -0.3 is 5.32 Å². The number of hydrogen-bond acceptors (Lipinski definition) is 4. The number of amides is 1. The zero-order valence-corrected chi connectivity index (χ0v) is 10.0. The van der Waals surface area contributed by atoms with Crippen molar-refractivity contribution >= 4 is 11.7 Å². The van der Waals surface area contributed by atoms with Crippen LogP contribution < -0.4 is 10.9 Å². The van der Waals surface area contributed by atoms with Crippen LogP contribution in [0.25, 0.3) is 0 Å². The highest BCUT2D eigenvalue weighted by molar-refractivity contribution is 6.02. The monoisotopic (exact) mass is 247 g/mol. The molecule has 2 heterocycles. The lowest BCUT2D eigenvalue weighted by atomic mass is 10.3. The van der Waals surface area contributed by atoms with Crippen LogP contribution in [0.1, 0.15) is 30.4 Å². The molecule has 18 heavy (non-hydrogen) atoms. The smallest absolute Gasteiger partial charge is 0.277 e. The summed E-state index contributed by atoms with van der Waals surface area (Å²) in [6.07, 6.45) is 1.61. The van der Waals surface area contributed by atoms with Crippen molar-refractivity contribution in [3.63, 3.8) is 0 Å². The van der Waals surface area contributed by atoms with Gasteiger partial charge in [-0.05, 0) is 19.9 Å². The third-order valence-corrected chi connectivity index (χ3v) is 2.31. The molecule has 0 unspecified atom stereocenters. The maximum atomic E-state index is 11.9. The second-order valence-electron chi connectivity index (χ2n) is 4.02. The van der Waals surface area contributed by atoms with Gasteiger partial charge in [-0.15, -0.1) is 0 Å². The highest BCUT2D eigenvalue weighted by Crippen LogP contribution is 2.13. The Labute approximate surface area is 103 Å². The van der Waals surface area contributed by atoms with E-state index < -0.39 is 5.91 Å². The van der Waals surface area contributed by atoms with Crippen molar-refractivity contribution in [1.29, 1.82) is 0 Å². The van der Waals surface area contributed by atoms with Crippen molar-refractivity contribution in [2.75, 3.05) is 5.32 Å². The zero-order chi connectivity index (χ0) is 13.1. The van der Waals surface area contributed by atoms with Crippen LogP contribution in [0, 0.1) is 0 Å². The Bertz CT molecular complexity index is 593. The van der Waals surface area contributed by atoms with E-state index in [-0.39, 0.29) is 17.3 Å². The number of carbonyl (C=O) groups excluding carboxylic acids is 1. The van der Waals surface area contributed by atoms with Gasteiger partial charge >= 0.3 is 0 Å². The molecule has 7 heteroatoms. The minimum absolute atomic E-state index is 0.138. The third kappa shape index (κ3) is 2.45. The predicted molar refractivity (Wildman–Crippen MR) is 65.4 cm³/mol. The summed E-state index contributed by atoms with van der Waals surface area (Å²) in [5.74, 6) is 0.191. The van der Waals surface area contributed by atoms with Gasteiger partial charge in [0.15, 0.2) is 0 Å². The molecule has 2 aromatic rings. The number of rotatable bonds is 3. The molecular weight excluding hydrogens is 234 g/mol. The Balaban J connectivity index is 2.19. The normalized spacial score (nSPS) is 10.6. The molecule has 0 radical (unpaired) electrons. The van der Waals surface area contributed by atoms with Crippen LogP contribution in [-0.4, -0.2) is 25.9 Å². The molecule has 0 saturated carbocycles. The topological polar surface area (TPSA) is 92.7 Å².